The summed E-state index contributed by atoms with van der Waals surface area (Å²) in [6.07, 6.45) is 2.08. The minimum atomic E-state index is 0.250. The molecule has 0 bridgehead atoms. The number of aliphatic hydroxyl groups excluding tert-OH is 1. The van der Waals surface area contributed by atoms with E-state index in [1.54, 1.807) is 7.11 Å². The molecular weight excluding hydrogens is 164 g/mol. The number of methoxy groups -OCH3 is 1. The second kappa shape index (κ2) is 3.38. The molecule has 0 amide bonds. The van der Waals surface area contributed by atoms with Gasteiger partial charge in [0.25, 0.3) is 0 Å². The van der Waals surface area contributed by atoms with Crippen molar-refractivity contribution in [2.75, 3.05) is 13.7 Å². The van der Waals surface area contributed by atoms with Crippen LogP contribution in [-0.2, 0) is 6.42 Å². The molecule has 1 aliphatic carbocycles. The van der Waals surface area contributed by atoms with Crippen molar-refractivity contribution in [3.05, 3.63) is 29.3 Å². The van der Waals surface area contributed by atoms with Gasteiger partial charge in [0.2, 0.25) is 0 Å². The van der Waals surface area contributed by atoms with Crippen molar-refractivity contribution in [2.45, 2.75) is 18.8 Å². The number of hydrogen-bond acceptors (Lipinski definition) is 2. The lowest BCUT2D eigenvalue weighted by atomic mass is 10.0. The number of aliphatic hydroxyl groups is 1. The monoisotopic (exact) mass is 178 g/mol. The minimum absolute atomic E-state index is 0.250. The summed E-state index contributed by atoms with van der Waals surface area (Å²) < 4.78 is 5.27. The summed E-state index contributed by atoms with van der Waals surface area (Å²) in [7, 11) is 1.70. The molecule has 70 valence electrons. The molecule has 2 rings (SSSR count). The zero-order chi connectivity index (χ0) is 9.26. The molecule has 0 spiro atoms. The number of fused-ring (bicyclic) bond motifs is 1. The molecule has 0 saturated carbocycles. The Balaban J connectivity index is 2.43. The lowest BCUT2D eigenvalue weighted by molar-refractivity contribution is 0.265. The van der Waals surface area contributed by atoms with Crippen molar-refractivity contribution in [1.82, 2.24) is 0 Å². The summed E-state index contributed by atoms with van der Waals surface area (Å²) >= 11 is 0. The SMILES string of the molecule is COc1cccc2c1CCC2CO. The van der Waals surface area contributed by atoms with Crippen LogP contribution in [0.3, 0.4) is 0 Å². The van der Waals surface area contributed by atoms with E-state index < -0.39 is 0 Å². The third-order valence-corrected chi connectivity index (χ3v) is 2.79. The van der Waals surface area contributed by atoms with Crippen molar-refractivity contribution in [1.29, 1.82) is 0 Å². The minimum Gasteiger partial charge on any atom is -0.496 e. The average molecular weight is 178 g/mol. The summed E-state index contributed by atoms with van der Waals surface area (Å²) in [6.45, 7) is 0.250. The van der Waals surface area contributed by atoms with Gasteiger partial charge in [-0.3, -0.25) is 0 Å². The van der Waals surface area contributed by atoms with Gasteiger partial charge in [-0.2, -0.15) is 0 Å². The van der Waals surface area contributed by atoms with E-state index in [0.29, 0.717) is 5.92 Å². The van der Waals surface area contributed by atoms with Crippen LogP contribution in [0.15, 0.2) is 18.2 Å². The quantitative estimate of drug-likeness (QED) is 0.747. The molecular formula is C11H14O2. The van der Waals surface area contributed by atoms with Gasteiger partial charge in [0, 0.05) is 12.5 Å². The molecule has 0 heterocycles. The maximum atomic E-state index is 9.14. The van der Waals surface area contributed by atoms with Gasteiger partial charge >= 0.3 is 0 Å². The summed E-state index contributed by atoms with van der Waals surface area (Å²) in [5.41, 5.74) is 2.55. The molecule has 0 aliphatic heterocycles. The van der Waals surface area contributed by atoms with Crippen LogP contribution in [0.25, 0.3) is 0 Å². The van der Waals surface area contributed by atoms with Crippen LogP contribution in [-0.4, -0.2) is 18.8 Å². The van der Waals surface area contributed by atoms with Gasteiger partial charge in [-0.05, 0) is 30.0 Å². The van der Waals surface area contributed by atoms with Crippen LogP contribution in [0.4, 0.5) is 0 Å². The highest BCUT2D eigenvalue weighted by Crippen LogP contribution is 2.37. The first kappa shape index (κ1) is 8.57. The van der Waals surface area contributed by atoms with Crippen LogP contribution in [0.5, 0.6) is 5.75 Å². The van der Waals surface area contributed by atoms with Crippen molar-refractivity contribution < 1.29 is 9.84 Å². The zero-order valence-corrected chi connectivity index (χ0v) is 7.79. The predicted octanol–water partition coefficient (Wildman–Crippen LogP) is 1.72. The molecule has 0 saturated heterocycles. The Bertz CT molecular complexity index is 307. The normalized spacial score (nSPS) is 20.0. The standard InChI is InChI=1S/C11H14O2/c1-13-11-4-2-3-9-8(7-12)5-6-10(9)11/h2-4,8,12H,5-7H2,1H3. The van der Waals surface area contributed by atoms with Gasteiger partial charge in [0.15, 0.2) is 0 Å². The van der Waals surface area contributed by atoms with Gasteiger partial charge in [-0.1, -0.05) is 12.1 Å². The van der Waals surface area contributed by atoms with Gasteiger partial charge < -0.3 is 9.84 Å². The van der Waals surface area contributed by atoms with Crippen LogP contribution in [0.1, 0.15) is 23.5 Å². The van der Waals surface area contributed by atoms with E-state index in [9.17, 15) is 0 Å². The average Bonchev–Trinajstić information content (AvgIpc) is 2.60. The fourth-order valence-corrected chi connectivity index (χ4v) is 2.09. The maximum absolute atomic E-state index is 9.14. The third-order valence-electron chi connectivity index (χ3n) is 2.79. The second-order valence-corrected chi connectivity index (χ2v) is 3.45. The van der Waals surface area contributed by atoms with Crippen molar-refractivity contribution in [2.24, 2.45) is 0 Å². The molecule has 0 fully saturated rings. The number of hydrogen-bond donors (Lipinski definition) is 1. The largest absolute Gasteiger partial charge is 0.496 e. The Kier molecular flexibility index (Phi) is 2.23. The first-order chi connectivity index (χ1) is 6.36. The highest BCUT2D eigenvalue weighted by Gasteiger charge is 2.23. The summed E-state index contributed by atoms with van der Waals surface area (Å²) in [5, 5.41) is 9.14. The van der Waals surface area contributed by atoms with E-state index in [1.165, 1.54) is 11.1 Å². The Labute approximate surface area is 78.2 Å². The lowest BCUT2D eigenvalue weighted by Gasteiger charge is -2.09. The van der Waals surface area contributed by atoms with Crippen LogP contribution < -0.4 is 4.74 Å². The van der Waals surface area contributed by atoms with E-state index in [4.69, 9.17) is 9.84 Å². The summed E-state index contributed by atoms with van der Waals surface area (Å²) in [6, 6.07) is 6.07. The van der Waals surface area contributed by atoms with Crippen LogP contribution >= 0.6 is 0 Å². The van der Waals surface area contributed by atoms with Gasteiger partial charge in [-0.15, -0.1) is 0 Å². The molecule has 1 aromatic rings. The Morgan fingerprint density at radius 3 is 3.08 bits per heavy atom. The van der Waals surface area contributed by atoms with Gasteiger partial charge in [-0.25, -0.2) is 0 Å². The molecule has 13 heavy (non-hydrogen) atoms. The Hall–Kier alpha value is -1.02. The molecule has 0 aromatic heterocycles. The third kappa shape index (κ3) is 1.31. The van der Waals surface area contributed by atoms with Crippen LogP contribution in [0.2, 0.25) is 0 Å². The fraction of sp³-hybridized carbons (Fsp3) is 0.455. The predicted molar refractivity (Wildman–Crippen MR) is 51.1 cm³/mol. The highest BCUT2D eigenvalue weighted by molar-refractivity contribution is 5.45. The molecule has 0 radical (unpaired) electrons. The van der Waals surface area contributed by atoms with E-state index in [-0.39, 0.29) is 6.61 Å². The van der Waals surface area contributed by atoms with E-state index in [0.717, 1.165) is 18.6 Å². The fourth-order valence-electron chi connectivity index (χ4n) is 2.09. The summed E-state index contributed by atoms with van der Waals surface area (Å²) in [4.78, 5) is 0. The second-order valence-electron chi connectivity index (χ2n) is 3.45. The van der Waals surface area contributed by atoms with Gasteiger partial charge in [0.05, 0.1) is 7.11 Å². The maximum Gasteiger partial charge on any atom is 0.122 e. The first-order valence-corrected chi connectivity index (χ1v) is 4.63. The molecule has 1 aliphatic rings. The lowest BCUT2D eigenvalue weighted by Crippen LogP contribution is -1.98. The van der Waals surface area contributed by atoms with E-state index >= 15 is 0 Å². The molecule has 1 atom stereocenters. The Morgan fingerprint density at radius 1 is 1.54 bits per heavy atom. The Morgan fingerprint density at radius 2 is 2.38 bits per heavy atom. The highest BCUT2D eigenvalue weighted by atomic mass is 16.5. The number of rotatable bonds is 2. The number of ether oxygens (including phenoxy) is 1. The first-order valence-electron chi connectivity index (χ1n) is 4.63. The van der Waals surface area contributed by atoms with Crippen LogP contribution in [0, 0.1) is 0 Å². The van der Waals surface area contributed by atoms with Gasteiger partial charge in [0.1, 0.15) is 5.75 Å². The zero-order valence-electron chi connectivity index (χ0n) is 7.79. The van der Waals surface area contributed by atoms with E-state index in [1.807, 2.05) is 12.1 Å². The number of benzene rings is 1. The molecule has 1 unspecified atom stereocenters. The molecule has 1 N–H and O–H groups in total. The topological polar surface area (TPSA) is 29.5 Å². The molecule has 2 heteroatoms. The van der Waals surface area contributed by atoms with Crippen molar-refractivity contribution in [3.8, 4) is 5.75 Å². The molecule has 2 nitrogen and oxygen atoms in total. The molecule has 1 aromatic carbocycles. The van der Waals surface area contributed by atoms with E-state index in [2.05, 4.69) is 6.07 Å². The summed E-state index contributed by atoms with van der Waals surface area (Å²) in [5.74, 6) is 1.29. The smallest absolute Gasteiger partial charge is 0.122 e. The van der Waals surface area contributed by atoms with Crippen molar-refractivity contribution >= 4 is 0 Å². The van der Waals surface area contributed by atoms with Crippen molar-refractivity contribution in [3.63, 3.8) is 0 Å².